The van der Waals surface area contributed by atoms with Gasteiger partial charge in [0.1, 0.15) is 11.7 Å². The molecule has 7 nitrogen and oxygen atoms in total. The van der Waals surface area contributed by atoms with Gasteiger partial charge in [0.25, 0.3) is 0 Å². The highest BCUT2D eigenvalue weighted by molar-refractivity contribution is 6.19. The van der Waals surface area contributed by atoms with Crippen molar-refractivity contribution in [2.45, 2.75) is 72.3 Å². The second kappa shape index (κ2) is 8.81. The van der Waals surface area contributed by atoms with Gasteiger partial charge in [-0.25, -0.2) is 4.79 Å². The summed E-state index contributed by atoms with van der Waals surface area (Å²) >= 11 is 0. The predicted molar refractivity (Wildman–Crippen MR) is 121 cm³/mol. The van der Waals surface area contributed by atoms with Crippen LogP contribution in [-0.4, -0.2) is 37.2 Å². The number of ketones is 1. The van der Waals surface area contributed by atoms with E-state index in [9.17, 15) is 14.4 Å². The minimum absolute atomic E-state index is 0.146. The predicted octanol–water partition coefficient (Wildman–Crippen LogP) is 4.66. The lowest BCUT2D eigenvalue weighted by atomic mass is 9.79. The Morgan fingerprint density at radius 3 is 2.10 bits per heavy atom. The van der Waals surface area contributed by atoms with E-state index in [1.165, 1.54) is 13.3 Å². The highest BCUT2D eigenvalue weighted by Crippen LogP contribution is 2.40. The van der Waals surface area contributed by atoms with Gasteiger partial charge in [-0.1, -0.05) is 48.5 Å². The first kappa shape index (κ1) is 24.6. The van der Waals surface area contributed by atoms with Crippen molar-refractivity contribution in [2.24, 2.45) is 16.8 Å². The summed E-state index contributed by atoms with van der Waals surface area (Å²) < 4.78 is 10.1. The summed E-state index contributed by atoms with van der Waals surface area (Å²) in [7, 11) is 1.24. The molecule has 7 heteroatoms. The van der Waals surface area contributed by atoms with Gasteiger partial charge in [-0.3, -0.25) is 14.6 Å². The molecule has 1 aliphatic rings. The number of anilines is 1. The van der Waals surface area contributed by atoms with E-state index in [0.717, 1.165) is 11.1 Å². The van der Waals surface area contributed by atoms with Crippen molar-refractivity contribution in [3.05, 3.63) is 23.3 Å². The number of hydrogen-bond acceptors (Lipinski definition) is 6. The average Bonchev–Trinajstić information content (AvgIpc) is 2.64. The van der Waals surface area contributed by atoms with Gasteiger partial charge >= 0.3 is 6.16 Å². The Hall–Kier alpha value is -2.70. The van der Waals surface area contributed by atoms with Gasteiger partial charge in [0, 0.05) is 29.4 Å². The van der Waals surface area contributed by atoms with Crippen molar-refractivity contribution in [1.82, 2.24) is 0 Å². The molecule has 3 atom stereocenters. The molecule has 0 fully saturated rings. The molecule has 3 unspecified atom stereocenters. The molecule has 1 N–H and O–H groups in total. The highest BCUT2D eigenvalue weighted by atomic mass is 16.7. The molecule has 0 bridgehead atoms. The number of carbonyl (C=O) groups is 3. The average molecular weight is 431 g/mol. The number of carbonyl (C=O) groups excluding carboxylic acids is 3. The zero-order chi connectivity index (χ0) is 23.7. The zero-order valence-electron chi connectivity index (χ0n) is 20.0. The molecule has 1 aromatic rings. The van der Waals surface area contributed by atoms with Crippen LogP contribution in [0.1, 0.15) is 66.5 Å². The number of ether oxygens (including phenoxy) is 2. The smallest absolute Gasteiger partial charge is 0.437 e. The molecule has 1 heterocycles. The molecule has 0 saturated heterocycles. The van der Waals surface area contributed by atoms with E-state index in [0.29, 0.717) is 11.4 Å². The van der Waals surface area contributed by atoms with Gasteiger partial charge in [-0.15, -0.1) is 0 Å². The quantitative estimate of drug-likeness (QED) is 0.428. The molecule has 0 saturated carbocycles. The van der Waals surface area contributed by atoms with Crippen LogP contribution in [0.25, 0.3) is 0 Å². The summed E-state index contributed by atoms with van der Waals surface area (Å²) in [5, 5.41) is 2.88. The second-order valence-corrected chi connectivity index (χ2v) is 10.1. The van der Waals surface area contributed by atoms with Crippen molar-refractivity contribution >= 4 is 29.7 Å². The first-order chi connectivity index (χ1) is 14.2. The monoisotopic (exact) mass is 430 g/mol. The normalized spacial score (nSPS) is 21.6. The minimum Gasteiger partial charge on any atom is -0.437 e. The summed E-state index contributed by atoms with van der Waals surface area (Å²) in [6, 6.07) is 3.43. The molecular weight excluding hydrogens is 396 g/mol. The lowest BCUT2D eigenvalue weighted by molar-refractivity contribution is -0.131. The summed E-state index contributed by atoms with van der Waals surface area (Å²) in [5.41, 5.74) is 1.50. The van der Waals surface area contributed by atoms with Gasteiger partial charge in [-0.05, 0) is 29.4 Å². The number of amides is 1. The van der Waals surface area contributed by atoms with Gasteiger partial charge in [0.2, 0.25) is 5.91 Å². The fourth-order valence-corrected chi connectivity index (χ4v) is 3.46. The van der Waals surface area contributed by atoms with Crippen LogP contribution in [0.5, 0.6) is 5.75 Å². The molecule has 2 rings (SSSR count). The molecule has 1 aromatic carbocycles. The third-order valence-electron chi connectivity index (χ3n) is 5.59. The number of aliphatic imine (C=N–C) groups is 1. The number of nitrogens with zero attached hydrogens (tertiary/aromatic N) is 1. The van der Waals surface area contributed by atoms with Crippen molar-refractivity contribution in [1.29, 1.82) is 0 Å². The summed E-state index contributed by atoms with van der Waals surface area (Å²) in [6.45, 7) is 15.8. The molecule has 1 amide bonds. The number of methoxy groups -OCH3 is 1. The van der Waals surface area contributed by atoms with Crippen LogP contribution in [-0.2, 0) is 25.2 Å². The first-order valence-corrected chi connectivity index (χ1v) is 10.5. The molecular formula is C24H34N2O5. The number of Topliss-reactive ketones (excluding diaryl/α,β-unsaturated/α-hetero) is 1. The van der Waals surface area contributed by atoms with Crippen LogP contribution in [0.2, 0.25) is 0 Å². The number of rotatable bonds is 3. The Kier molecular flexibility index (Phi) is 6.98. The van der Waals surface area contributed by atoms with Gasteiger partial charge in [0.15, 0.2) is 5.78 Å². The standard InChI is InChI=1S/C24H34N2O5/c1-13-14(2)25-12-15(20(13)27)21(28)26-18-11-19(31-22(29)30-9)17(24(6,7)8)10-16(18)23(3,4)5/h10-15H,1-9H3,(H,26,28). The van der Waals surface area contributed by atoms with Crippen molar-refractivity contribution in [2.75, 3.05) is 12.4 Å². The van der Waals surface area contributed by atoms with Crippen LogP contribution in [0.3, 0.4) is 0 Å². The van der Waals surface area contributed by atoms with Crippen LogP contribution >= 0.6 is 0 Å². The molecule has 0 radical (unpaired) electrons. The number of nitrogens with one attached hydrogen (secondary N) is 1. The molecule has 1 aliphatic heterocycles. The van der Waals surface area contributed by atoms with Crippen molar-refractivity contribution in [3.8, 4) is 5.75 Å². The summed E-state index contributed by atoms with van der Waals surface area (Å²) in [5.74, 6) is -1.59. The second-order valence-electron chi connectivity index (χ2n) is 10.1. The molecule has 31 heavy (non-hydrogen) atoms. The van der Waals surface area contributed by atoms with Crippen LogP contribution < -0.4 is 10.1 Å². The lowest BCUT2D eigenvalue weighted by Gasteiger charge is -2.30. The van der Waals surface area contributed by atoms with E-state index < -0.39 is 18.0 Å². The molecule has 170 valence electrons. The Morgan fingerprint density at radius 1 is 1.00 bits per heavy atom. The third-order valence-corrected chi connectivity index (χ3v) is 5.59. The Bertz CT molecular complexity index is 906. The minimum atomic E-state index is -0.953. The van der Waals surface area contributed by atoms with E-state index in [2.05, 4.69) is 15.0 Å². The summed E-state index contributed by atoms with van der Waals surface area (Å²) in [4.78, 5) is 41.8. The van der Waals surface area contributed by atoms with Crippen LogP contribution in [0.15, 0.2) is 17.1 Å². The Morgan fingerprint density at radius 2 is 1.58 bits per heavy atom. The largest absolute Gasteiger partial charge is 0.513 e. The fraction of sp³-hybridized carbons (Fsp3) is 0.583. The van der Waals surface area contributed by atoms with Crippen LogP contribution in [0, 0.1) is 11.8 Å². The first-order valence-electron chi connectivity index (χ1n) is 10.5. The van der Waals surface area contributed by atoms with E-state index in [4.69, 9.17) is 4.74 Å². The van der Waals surface area contributed by atoms with Crippen LogP contribution in [0.4, 0.5) is 10.5 Å². The molecule has 0 spiro atoms. The fourth-order valence-electron chi connectivity index (χ4n) is 3.46. The SMILES string of the molecule is COC(=O)Oc1cc(NC(=O)C2C=NC(C)C(C)C2=O)c(C(C)(C)C)cc1C(C)(C)C. The van der Waals surface area contributed by atoms with E-state index in [1.54, 1.807) is 13.0 Å². The van der Waals surface area contributed by atoms with E-state index in [1.807, 2.05) is 54.5 Å². The topological polar surface area (TPSA) is 94.1 Å². The molecule has 0 aromatic heterocycles. The maximum Gasteiger partial charge on any atom is 0.513 e. The Balaban J connectivity index is 2.55. The van der Waals surface area contributed by atoms with Crippen molar-refractivity contribution in [3.63, 3.8) is 0 Å². The zero-order valence-corrected chi connectivity index (χ0v) is 20.0. The third kappa shape index (κ3) is 5.51. The Labute approximate surface area is 184 Å². The van der Waals surface area contributed by atoms with E-state index >= 15 is 0 Å². The summed E-state index contributed by atoms with van der Waals surface area (Å²) in [6.07, 6.45) is 0.581. The maximum absolute atomic E-state index is 13.0. The number of benzene rings is 1. The highest BCUT2D eigenvalue weighted by Gasteiger charge is 2.36. The van der Waals surface area contributed by atoms with Gasteiger partial charge in [-0.2, -0.15) is 0 Å². The van der Waals surface area contributed by atoms with Gasteiger partial charge in [0.05, 0.1) is 13.2 Å². The maximum atomic E-state index is 13.0. The van der Waals surface area contributed by atoms with Crippen molar-refractivity contribution < 1.29 is 23.9 Å². The number of hydrogen-bond donors (Lipinski definition) is 1. The molecule has 0 aliphatic carbocycles. The van der Waals surface area contributed by atoms with E-state index in [-0.39, 0.29) is 28.6 Å². The lowest BCUT2D eigenvalue weighted by Crippen LogP contribution is -2.41. The van der Waals surface area contributed by atoms with Gasteiger partial charge < -0.3 is 14.8 Å².